The number of fused-ring (bicyclic) bond motifs is 1. The van der Waals surface area contributed by atoms with Crippen molar-refractivity contribution in [3.63, 3.8) is 0 Å². The second kappa shape index (κ2) is 6.17. The number of carbonyl (C=O) groups is 1. The van der Waals surface area contributed by atoms with E-state index in [0.717, 1.165) is 0 Å². The first-order valence-electron chi connectivity index (χ1n) is 6.12. The van der Waals surface area contributed by atoms with Crippen molar-refractivity contribution in [3.05, 3.63) is 41.2 Å². The van der Waals surface area contributed by atoms with Crippen LogP contribution in [-0.2, 0) is 9.53 Å². The van der Waals surface area contributed by atoms with Crippen LogP contribution in [0.2, 0.25) is 5.15 Å². The number of hydrogen-bond donors (Lipinski definition) is 2. The van der Waals surface area contributed by atoms with Crippen LogP contribution in [-0.4, -0.2) is 33.9 Å². The molecular formula is C14H14ClNO4. The topological polar surface area (TPSA) is 79.7 Å². The van der Waals surface area contributed by atoms with Crippen molar-refractivity contribution in [1.82, 2.24) is 4.98 Å². The van der Waals surface area contributed by atoms with E-state index >= 15 is 0 Å². The molecule has 0 radical (unpaired) electrons. The molecule has 2 atom stereocenters. The first-order chi connectivity index (χ1) is 9.56. The van der Waals surface area contributed by atoms with Crippen molar-refractivity contribution in [1.29, 1.82) is 0 Å². The number of aliphatic hydroxyl groups is 2. The van der Waals surface area contributed by atoms with Crippen LogP contribution in [0, 0.1) is 0 Å². The third-order valence-electron chi connectivity index (χ3n) is 2.92. The van der Waals surface area contributed by atoms with E-state index < -0.39 is 18.2 Å². The summed E-state index contributed by atoms with van der Waals surface area (Å²) in [5, 5.41) is 21.5. The largest absolute Gasteiger partial charge is 0.464 e. The van der Waals surface area contributed by atoms with Gasteiger partial charge in [0.15, 0.2) is 6.10 Å². The van der Waals surface area contributed by atoms with Crippen molar-refractivity contribution in [2.75, 3.05) is 6.61 Å². The third kappa shape index (κ3) is 2.75. The maximum Gasteiger partial charge on any atom is 0.338 e. The number of aliphatic hydroxyl groups excluding tert-OH is 2. The second-order valence-corrected chi connectivity index (χ2v) is 4.55. The normalized spacial score (nSPS) is 14.0. The van der Waals surface area contributed by atoms with Gasteiger partial charge in [-0.2, -0.15) is 0 Å². The predicted molar refractivity (Wildman–Crippen MR) is 74.4 cm³/mol. The number of ether oxygens (including phenoxy) is 1. The number of hydrogen-bond acceptors (Lipinski definition) is 5. The van der Waals surface area contributed by atoms with Gasteiger partial charge in [0, 0.05) is 17.1 Å². The van der Waals surface area contributed by atoms with Crippen LogP contribution in [0.1, 0.15) is 18.6 Å². The average Bonchev–Trinajstić information content (AvgIpc) is 2.47. The lowest BCUT2D eigenvalue weighted by Crippen LogP contribution is -2.30. The Labute approximate surface area is 120 Å². The fraction of sp³-hybridized carbons (Fsp3) is 0.286. The molecular weight excluding hydrogens is 282 g/mol. The van der Waals surface area contributed by atoms with E-state index in [2.05, 4.69) is 9.72 Å². The summed E-state index contributed by atoms with van der Waals surface area (Å²) in [6.07, 6.45) is -1.75. The highest BCUT2D eigenvalue weighted by atomic mass is 35.5. The molecule has 2 N–H and O–H groups in total. The Morgan fingerprint density at radius 1 is 1.35 bits per heavy atom. The molecule has 0 bridgehead atoms. The summed E-state index contributed by atoms with van der Waals surface area (Å²) >= 11 is 5.98. The molecule has 0 saturated carbocycles. The van der Waals surface area contributed by atoms with Gasteiger partial charge in [-0.1, -0.05) is 35.9 Å². The van der Waals surface area contributed by atoms with Gasteiger partial charge in [0.25, 0.3) is 0 Å². The highest BCUT2D eigenvalue weighted by Crippen LogP contribution is 2.29. The number of benzene rings is 1. The number of nitrogens with zero attached hydrogens (tertiary/aromatic N) is 1. The summed E-state index contributed by atoms with van der Waals surface area (Å²) in [5.74, 6) is -0.876. The molecule has 0 amide bonds. The number of esters is 1. The fourth-order valence-electron chi connectivity index (χ4n) is 1.94. The van der Waals surface area contributed by atoms with Gasteiger partial charge in [-0.3, -0.25) is 0 Å². The molecule has 1 aromatic heterocycles. The molecule has 2 aromatic rings. The lowest BCUT2D eigenvalue weighted by Gasteiger charge is -2.18. The Bertz CT molecular complexity index is 632. The highest BCUT2D eigenvalue weighted by Gasteiger charge is 2.28. The molecule has 0 aliphatic heterocycles. The molecule has 6 heteroatoms. The molecule has 1 heterocycles. The van der Waals surface area contributed by atoms with Gasteiger partial charge in [0.2, 0.25) is 0 Å². The maximum atomic E-state index is 11.5. The minimum absolute atomic E-state index is 0.127. The monoisotopic (exact) mass is 295 g/mol. The van der Waals surface area contributed by atoms with Gasteiger partial charge in [0.05, 0.1) is 6.61 Å². The van der Waals surface area contributed by atoms with E-state index in [1.165, 1.54) is 6.20 Å². The minimum atomic E-state index is -1.67. The average molecular weight is 296 g/mol. The summed E-state index contributed by atoms with van der Waals surface area (Å²) in [4.78, 5) is 15.4. The van der Waals surface area contributed by atoms with Crippen LogP contribution in [0.3, 0.4) is 0 Å². The zero-order valence-corrected chi connectivity index (χ0v) is 11.5. The Balaban J connectivity index is 2.42. The standard InChI is InChI=1S/C14H14ClNO4/c1-2-20-14(19)12(18)11(17)10-7-16-13(15)9-6-4-3-5-8(9)10/h3-7,11-12,17-18H,2H2,1H3. The summed E-state index contributed by atoms with van der Waals surface area (Å²) in [7, 11) is 0. The van der Waals surface area contributed by atoms with Gasteiger partial charge in [-0.05, 0) is 12.3 Å². The molecule has 1 aromatic carbocycles. The summed E-state index contributed by atoms with van der Waals surface area (Å²) in [5.41, 5.74) is 0.325. The Hall–Kier alpha value is -1.69. The smallest absolute Gasteiger partial charge is 0.338 e. The Kier molecular flexibility index (Phi) is 4.54. The zero-order chi connectivity index (χ0) is 14.7. The van der Waals surface area contributed by atoms with Gasteiger partial charge in [-0.15, -0.1) is 0 Å². The summed E-state index contributed by atoms with van der Waals surface area (Å²) in [6.45, 7) is 1.75. The zero-order valence-electron chi connectivity index (χ0n) is 10.8. The molecule has 20 heavy (non-hydrogen) atoms. The molecule has 2 rings (SSSR count). The van der Waals surface area contributed by atoms with Crippen molar-refractivity contribution >= 4 is 28.3 Å². The van der Waals surface area contributed by atoms with Gasteiger partial charge < -0.3 is 14.9 Å². The third-order valence-corrected chi connectivity index (χ3v) is 3.22. The SMILES string of the molecule is CCOC(=O)C(O)C(O)c1cnc(Cl)c2ccccc12. The van der Waals surface area contributed by atoms with Crippen LogP contribution >= 0.6 is 11.6 Å². The molecule has 106 valence electrons. The quantitative estimate of drug-likeness (QED) is 0.665. The lowest BCUT2D eigenvalue weighted by atomic mass is 10.00. The molecule has 0 fully saturated rings. The highest BCUT2D eigenvalue weighted by molar-refractivity contribution is 6.34. The van der Waals surface area contributed by atoms with Crippen LogP contribution in [0.5, 0.6) is 0 Å². The van der Waals surface area contributed by atoms with E-state index in [0.29, 0.717) is 21.5 Å². The van der Waals surface area contributed by atoms with Crippen LogP contribution < -0.4 is 0 Å². The van der Waals surface area contributed by atoms with Gasteiger partial charge in [-0.25, -0.2) is 9.78 Å². The maximum absolute atomic E-state index is 11.5. The molecule has 0 spiro atoms. The van der Waals surface area contributed by atoms with Gasteiger partial charge in [0.1, 0.15) is 11.3 Å². The van der Waals surface area contributed by atoms with Crippen molar-refractivity contribution in [2.45, 2.75) is 19.1 Å². The molecule has 2 unspecified atom stereocenters. The number of rotatable bonds is 4. The number of pyridine rings is 1. The van der Waals surface area contributed by atoms with Crippen LogP contribution in [0.15, 0.2) is 30.5 Å². The lowest BCUT2D eigenvalue weighted by molar-refractivity contribution is -0.159. The Morgan fingerprint density at radius 2 is 2.00 bits per heavy atom. The minimum Gasteiger partial charge on any atom is -0.464 e. The van der Waals surface area contributed by atoms with Crippen LogP contribution in [0.25, 0.3) is 10.8 Å². The van der Waals surface area contributed by atoms with Crippen LogP contribution in [0.4, 0.5) is 0 Å². The van der Waals surface area contributed by atoms with Crippen molar-refractivity contribution < 1.29 is 19.7 Å². The summed E-state index contributed by atoms with van der Waals surface area (Å²) in [6, 6.07) is 7.04. The van der Waals surface area contributed by atoms with E-state index in [4.69, 9.17) is 11.6 Å². The number of carbonyl (C=O) groups excluding carboxylic acids is 1. The molecule has 0 aliphatic rings. The van der Waals surface area contributed by atoms with E-state index in [1.807, 2.05) is 0 Å². The van der Waals surface area contributed by atoms with Crippen molar-refractivity contribution in [2.24, 2.45) is 0 Å². The number of aromatic nitrogens is 1. The second-order valence-electron chi connectivity index (χ2n) is 4.19. The van der Waals surface area contributed by atoms with Crippen molar-refractivity contribution in [3.8, 4) is 0 Å². The summed E-state index contributed by atoms with van der Waals surface area (Å²) < 4.78 is 4.69. The molecule has 0 aliphatic carbocycles. The Morgan fingerprint density at radius 3 is 2.65 bits per heavy atom. The molecule has 5 nitrogen and oxygen atoms in total. The van der Waals surface area contributed by atoms with E-state index in [-0.39, 0.29) is 6.61 Å². The van der Waals surface area contributed by atoms with E-state index in [9.17, 15) is 15.0 Å². The fourth-order valence-corrected chi connectivity index (χ4v) is 2.16. The van der Waals surface area contributed by atoms with Gasteiger partial charge >= 0.3 is 5.97 Å². The first kappa shape index (κ1) is 14.7. The molecule has 0 saturated heterocycles. The van der Waals surface area contributed by atoms with E-state index in [1.54, 1.807) is 31.2 Å². The first-order valence-corrected chi connectivity index (χ1v) is 6.50. The predicted octanol–water partition coefficient (Wildman–Crippen LogP) is 1.85. The number of halogens is 1.